The van der Waals surface area contributed by atoms with Crippen LogP contribution in [-0.2, 0) is 30.7 Å². The van der Waals surface area contributed by atoms with Crippen LogP contribution in [0.3, 0.4) is 0 Å². The van der Waals surface area contributed by atoms with Crippen molar-refractivity contribution in [1.29, 1.82) is 0 Å². The van der Waals surface area contributed by atoms with Crippen LogP contribution in [0.4, 0.5) is 5.69 Å². The number of anilines is 1. The summed E-state index contributed by atoms with van der Waals surface area (Å²) in [4.78, 5) is 2.57. The molecule has 2 aromatic carbocycles. The largest absolute Gasteiger partial charge is 0.490 e. The van der Waals surface area contributed by atoms with Crippen molar-refractivity contribution in [3.8, 4) is 5.75 Å². The van der Waals surface area contributed by atoms with E-state index in [9.17, 15) is 0 Å². The molecule has 5 rings (SSSR count). The average molecular weight is 379 g/mol. The third-order valence-corrected chi connectivity index (χ3v) is 6.23. The number of nitrogens with one attached hydrogen (secondary N) is 1. The molecule has 1 N–H and O–H groups in total. The first kappa shape index (κ1) is 18.0. The van der Waals surface area contributed by atoms with E-state index in [-0.39, 0.29) is 0 Å². The third kappa shape index (κ3) is 3.51. The summed E-state index contributed by atoms with van der Waals surface area (Å²) in [6, 6.07) is 11.1. The standard InChI is InChI=1S/C24H30N2O2/c1-27-16-18-4-2-3-17(13-18)15-26-11-12-28-22-14-20-7-9-25-10-8-21(20)23(24(22)26)19-5-6-19/h2-4,13-14,19,25H,5-12,15-16H2,1H3. The second-order valence-corrected chi connectivity index (χ2v) is 8.32. The van der Waals surface area contributed by atoms with E-state index < -0.39 is 0 Å². The minimum atomic E-state index is 0.668. The Morgan fingerprint density at radius 1 is 1.14 bits per heavy atom. The van der Waals surface area contributed by atoms with Gasteiger partial charge in [-0.2, -0.15) is 0 Å². The quantitative estimate of drug-likeness (QED) is 0.858. The van der Waals surface area contributed by atoms with Crippen molar-refractivity contribution in [2.75, 3.05) is 38.3 Å². The predicted octanol–water partition coefficient (Wildman–Crippen LogP) is 3.80. The van der Waals surface area contributed by atoms with Crippen molar-refractivity contribution in [2.24, 2.45) is 0 Å². The number of methoxy groups -OCH3 is 1. The highest BCUT2D eigenvalue weighted by Crippen LogP contribution is 2.51. The molecule has 0 spiro atoms. The van der Waals surface area contributed by atoms with Crippen LogP contribution in [0, 0.1) is 0 Å². The van der Waals surface area contributed by atoms with Gasteiger partial charge in [0.05, 0.1) is 18.8 Å². The first-order chi connectivity index (χ1) is 13.8. The van der Waals surface area contributed by atoms with E-state index in [1.54, 1.807) is 18.2 Å². The zero-order chi connectivity index (χ0) is 18.9. The van der Waals surface area contributed by atoms with Gasteiger partial charge in [-0.25, -0.2) is 0 Å². The molecule has 0 unspecified atom stereocenters. The zero-order valence-electron chi connectivity index (χ0n) is 16.8. The lowest BCUT2D eigenvalue weighted by atomic mass is 9.91. The fourth-order valence-electron chi connectivity index (χ4n) is 4.83. The Balaban J connectivity index is 1.53. The Bertz CT molecular complexity index is 860. The summed E-state index contributed by atoms with van der Waals surface area (Å²) in [5, 5.41) is 3.57. The molecule has 1 aliphatic carbocycles. The normalized spacial score (nSPS) is 18.8. The van der Waals surface area contributed by atoms with Gasteiger partial charge in [0.1, 0.15) is 12.4 Å². The fourth-order valence-corrected chi connectivity index (χ4v) is 4.83. The molecule has 0 amide bonds. The summed E-state index contributed by atoms with van der Waals surface area (Å²) in [7, 11) is 1.76. The smallest absolute Gasteiger partial charge is 0.143 e. The van der Waals surface area contributed by atoms with Gasteiger partial charge in [0.2, 0.25) is 0 Å². The van der Waals surface area contributed by atoms with Gasteiger partial charge in [-0.05, 0) is 78.6 Å². The average Bonchev–Trinajstić information content (AvgIpc) is 3.54. The fraction of sp³-hybridized carbons (Fsp3) is 0.500. The molecule has 0 radical (unpaired) electrons. The molecule has 148 valence electrons. The lowest BCUT2D eigenvalue weighted by Gasteiger charge is -2.35. The van der Waals surface area contributed by atoms with Gasteiger partial charge in [-0.3, -0.25) is 0 Å². The van der Waals surface area contributed by atoms with Gasteiger partial charge in [0.15, 0.2) is 0 Å². The van der Waals surface area contributed by atoms with Crippen LogP contribution >= 0.6 is 0 Å². The molecule has 1 saturated carbocycles. The van der Waals surface area contributed by atoms with Crippen LogP contribution in [0.5, 0.6) is 5.75 Å². The van der Waals surface area contributed by atoms with Gasteiger partial charge < -0.3 is 19.7 Å². The van der Waals surface area contributed by atoms with Crippen molar-refractivity contribution in [3.05, 3.63) is 58.1 Å². The molecule has 3 aliphatic rings. The molecule has 4 nitrogen and oxygen atoms in total. The summed E-state index contributed by atoms with van der Waals surface area (Å²) in [6.45, 7) is 5.49. The molecule has 0 atom stereocenters. The monoisotopic (exact) mass is 378 g/mol. The minimum Gasteiger partial charge on any atom is -0.490 e. The van der Waals surface area contributed by atoms with Crippen LogP contribution in [0.1, 0.15) is 46.6 Å². The molecular weight excluding hydrogens is 348 g/mol. The Morgan fingerprint density at radius 3 is 2.86 bits per heavy atom. The molecule has 4 heteroatoms. The van der Waals surface area contributed by atoms with E-state index in [0.29, 0.717) is 6.61 Å². The number of rotatable bonds is 5. The van der Waals surface area contributed by atoms with Gasteiger partial charge in [-0.1, -0.05) is 24.3 Å². The molecule has 1 fully saturated rings. The summed E-state index contributed by atoms with van der Waals surface area (Å²) >= 11 is 0. The maximum Gasteiger partial charge on any atom is 0.143 e. The van der Waals surface area contributed by atoms with Crippen LogP contribution in [0.15, 0.2) is 30.3 Å². The second kappa shape index (κ2) is 7.76. The Morgan fingerprint density at radius 2 is 2.00 bits per heavy atom. The van der Waals surface area contributed by atoms with Crippen molar-refractivity contribution >= 4 is 5.69 Å². The van der Waals surface area contributed by atoms with E-state index in [2.05, 4.69) is 40.5 Å². The molecule has 0 aromatic heterocycles. The second-order valence-electron chi connectivity index (χ2n) is 8.32. The lowest BCUT2D eigenvalue weighted by Crippen LogP contribution is -2.33. The lowest BCUT2D eigenvalue weighted by molar-refractivity contribution is 0.185. The Labute approximate surface area is 167 Å². The topological polar surface area (TPSA) is 33.7 Å². The molecule has 2 heterocycles. The van der Waals surface area contributed by atoms with Crippen LogP contribution in [-0.4, -0.2) is 33.4 Å². The van der Waals surface area contributed by atoms with Crippen LogP contribution < -0.4 is 15.0 Å². The van der Waals surface area contributed by atoms with Crippen molar-refractivity contribution in [2.45, 2.75) is 44.8 Å². The summed E-state index contributed by atoms with van der Waals surface area (Å²) in [5.74, 6) is 1.84. The Kier molecular flexibility index (Phi) is 5.00. The minimum absolute atomic E-state index is 0.668. The maximum absolute atomic E-state index is 6.20. The van der Waals surface area contributed by atoms with E-state index in [1.165, 1.54) is 35.2 Å². The number of ether oxygens (including phenoxy) is 2. The first-order valence-electron chi connectivity index (χ1n) is 10.7. The molecular formula is C24H30N2O2. The molecule has 28 heavy (non-hydrogen) atoms. The van der Waals surface area contributed by atoms with E-state index in [4.69, 9.17) is 9.47 Å². The zero-order valence-corrected chi connectivity index (χ0v) is 16.8. The number of benzene rings is 2. The van der Waals surface area contributed by atoms with Gasteiger partial charge in [0, 0.05) is 13.7 Å². The number of nitrogens with zero attached hydrogens (tertiary/aromatic N) is 1. The first-order valence-corrected chi connectivity index (χ1v) is 10.7. The van der Waals surface area contributed by atoms with Gasteiger partial charge in [-0.15, -0.1) is 0 Å². The number of hydrogen-bond donors (Lipinski definition) is 1. The maximum atomic E-state index is 6.20. The third-order valence-electron chi connectivity index (χ3n) is 6.23. The molecule has 2 aromatic rings. The molecule has 0 bridgehead atoms. The molecule has 2 aliphatic heterocycles. The van der Waals surface area contributed by atoms with Gasteiger partial charge >= 0.3 is 0 Å². The van der Waals surface area contributed by atoms with Crippen molar-refractivity contribution in [3.63, 3.8) is 0 Å². The van der Waals surface area contributed by atoms with Crippen molar-refractivity contribution in [1.82, 2.24) is 5.32 Å². The number of fused-ring (bicyclic) bond motifs is 2. The van der Waals surface area contributed by atoms with E-state index >= 15 is 0 Å². The van der Waals surface area contributed by atoms with E-state index in [0.717, 1.165) is 57.3 Å². The van der Waals surface area contributed by atoms with Crippen LogP contribution in [0.25, 0.3) is 0 Å². The molecule has 0 saturated heterocycles. The van der Waals surface area contributed by atoms with E-state index in [1.807, 2.05) is 0 Å². The highest BCUT2D eigenvalue weighted by molar-refractivity contribution is 5.71. The highest BCUT2D eigenvalue weighted by atomic mass is 16.5. The summed E-state index contributed by atoms with van der Waals surface area (Å²) in [5.41, 5.74) is 8.68. The SMILES string of the molecule is COCc1cccc(CN2CCOc3cc4c(c(C5CC5)c32)CCNCC4)c1. The predicted molar refractivity (Wildman–Crippen MR) is 112 cm³/mol. The summed E-state index contributed by atoms with van der Waals surface area (Å²) in [6.07, 6.45) is 4.91. The Hall–Kier alpha value is -2.04. The van der Waals surface area contributed by atoms with Gasteiger partial charge in [0.25, 0.3) is 0 Å². The highest BCUT2D eigenvalue weighted by Gasteiger charge is 2.35. The number of hydrogen-bond acceptors (Lipinski definition) is 4. The summed E-state index contributed by atoms with van der Waals surface area (Å²) < 4.78 is 11.5. The van der Waals surface area contributed by atoms with Crippen LogP contribution in [0.2, 0.25) is 0 Å². The van der Waals surface area contributed by atoms with Crippen molar-refractivity contribution < 1.29 is 9.47 Å².